The normalized spacial score (nSPS) is 24.0. The van der Waals surface area contributed by atoms with Gasteiger partial charge in [-0.15, -0.1) is 0 Å². The highest BCUT2D eigenvalue weighted by Gasteiger charge is 2.30. The number of rotatable bonds is 1. The molecule has 106 valence electrons. The minimum atomic E-state index is 0.552. The molecule has 4 heterocycles. The molecule has 0 aromatic carbocycles. The summed E-state index contributed by atoms with van der Waals surface area (Å²) in [6, 6.07) is 0.663. The van der Waals surface area contributed by atoms with Gasteiger partial charge >= 0.3 is 0 Å². The molecule has 0 aliphatic carbocycles. The molecular weight excluding hydrogens is 252 g/mol. The molecule has 2 saturated heterocycles. The van der Waals surface area contributed by atoms with E-state index in [0.29, 0.717) is 11.9 Å². The van der Waals surface area contributed by atoms with Crippen molar-refractivity contribution < 1.29 is 0 Å². The van der Waals surface area contributed by atoms with Gasteiger partial charge in [-0.25, -0.2) is 9.97 Å². The van der Waals surface area contributed by atoms with Gasteiger partial charge in [-0.3, -0.25) is 4.90 Å². The fourth-order valence-corrected chi connectivity index (χ4v) is 3.49. The van der Waals surface area contributed by atoms with Crippen LogP contribution in [0.25, 0.3) is 5.65 Å². The topological polar surface area (TPSA) is 62.7 Å². The van der Waals surface area contributed by atoms with Crippen LogP contribution in [0.2, 0.25) is 0 Å². The van der Waals surface area contributed by atoms with Crippen LogP contribution >= 0.6 is 0 Å². The molecule has 1 atom stereocenters. The van der Waals surface area contributed by atoms with E-state index in [-0.39, 0.29) is 0 Å². The number of piperidine rings is 1. The van der Waals surface area contributed by atoms with Crippen molar-refractivity contribution in [1.29, 1.82) is 0 Å². The zero-order chi connectivity index (χ0) is 13.5. The SMILES string of the molecule is Nc1cn2ccnc2c(N2CCN3CCCCC3C2)n1. The Labute approximate surface area is 118 Å². The van der Waals surface area contributed by atoms with E-state index < -0.39 is 0 Å². The van der Waals surface area contributed by atoms with E-state index in [9.17, 15) is 0 Å². The van der Waals surface area contributed by atoms with Crippen molar-refractivity contribution in [2.75, 3.05) is 36.8 Å². The lowest BCUT2D eigenvalue weighted by molar-refractivity contribution is 0.133. The molecule has 0 amide bonds. The molecule has 2 aromatic rings. The van der Waals surface area contributed by atoms with Gasteiger partial charge in [0.15, 0.2) is 11.5 Å². The number of fused-ring (bicyclic) bond motifs is 2. The van der Waals surface area contributed by atoms with E-state index in [2.05, 4.69) is 19.8 Å². The van der Waals surface area contributed by atoms with Crippen molar-refractivity contribution in [3.8, 4) is 0 Å². The summed E-state index contributed by atoms with van der Waals surface area (Å²) in [5, 5.41) is 0. The molecule has 2 aliphatic rings. The number of nitrogens with two attached hydrogens (primary N) is 1. The molecule has 0 spiro atoms. The van der Waals surface area contributed by atoms with E-state index in [4.69, 9.17) is 5.73 Å². The number of anilines is 2. The van der Waals surface area contributed by atoms with Gasteiger partial charge in [0, 0.05) is 38.1 Å². The maximum absolute atomic E-state index is 5.93. The summed E-state index contributed by atoms with van der Waals surface area (Å²) in [6.45, 7) is 4.42. The predicted molar refractivity (Wildman–Crippen MR) is 78.8 cm³/mol. The van der Waals surface area contributed by atoms with Crippen molar-refractivity contribution >= 4 is 17.3 Å². The van der Waals surface area contributed by atoms with Crippen LogP contribution < -0.4 is 10.6 Å². The number of hydrogen-bond acceptors (Lipinski definition) is 5. The lowest BCUT2D eigenvalue weighted by atomic mass is 9.99. The fourth-order valence-electron chi connectivity index (χ4n) is 3.49. The summed E-state index contributed by atoms with van der Waals surface area (Å²) in [7, 11) is 0. The minimum Gasteiger partial charge on any atom is -0.382 e. The molecule has 4 rings (SSSR count). The Bertz CT molecular complexity index is 621. The molecule has 2 N–H and O–H groups in total. The van der Waals surface area contributed by atoms with Gasteiger partial charge in [0.2, 0.25) is 0 Å². The second-order valence-electron chi connectivity index (χ2n) is 5.78. The van der Waals surface area contributed by atoms with E-state index in [1.807, 2.05) is 16.8 Å². The average molecular weight is 272 g/mol. The Kier molecular flexibility index (Phi) is 2.77. The first kappa shape index (κ1) is 12.0. The van der Waals surface area contributed by atoms with Crippen LogP contribution in [0.1, 0.15) is 19.3 Å². The highest BCUT2D eigenvalue weighted by molar-refractivity contribution is 5.66. The molecule has 2 aliphatic heterocycles. The van der Waals surface area contributed by atoms with Crippen molar-refractivity contribution in [1.82, 2.24) is 19.3 Å². The number of imidazole rings is 1. The van der Waals surface area contributed by atoms with Crippen molar-refractivity contribution in [2.45, 2.75) is 25.3 Å². The number of aromatic nitrogens is 3. The summed E-state index contributed by atoms with van der Waals surface area (Å²) in [6.07, 6.45) is 9.53. The number of nitrogen functional groups attached to an aromatic ring is 1. The molecular formula is C14H20N6. The Morgan fingerprint density at radius 1 is 1.20 bits per heavy atom. The van der Waals surface area contributed by atoms with Crippen LogP contribution in [-0.2, 0) is 0 Å². The van der Waals surface area contributed by atoms with Crippen LogP contribution in [0.15, 0.2) is 18.6 Å². The summed E-state index contributed by atoms with van der Waals surface area (Å²) in [4.78, 5) is 13.9. The van der Waals surface area contributed by atoms with Crippen LogP contribution in [0, 0.1) is 0 Å². The van der Waals surface area contributed by atoms with Crippen molar-refractivity contribution in [3.05, 3.63) is 18.6 Å². The Morgan fingerprint density at radius 2 is 2.15 bits per heavy atom. The number of piperazine rings is 1. The molecule has 1 unspecified atom stereocenters. The Hall–Kier alpha value is -1.82. The van der Waals surface area contributed by atoms with Crippen LogP contribution in [0.3, 0.4) is 0 Å². The summed E-state index contributed by atoms with van der Waals surface area (Å²) < 4.78 is 1.96. The molecule has 6 heteroatoms. The van der Waals surface area contributed by atoms with Gasteiger partial charge in [-0.1, -0.05) is 6.42 Å². The van der Waals surface area contributed by atoms with Crippen LogP contribution in [0.5, 0.6) is 0 Å². The molecule has 6 nitrogen and oxygen atoms in total. The van der Waals surface area contributed by atoms with Crippen LogP contribution in [0.4, 0.5) is 11.6 Å². The zero-order valence-electron chi connectivity index (χ0n) is 11.6. The quantitative estimate of drug-likeness (QED) is 0.838. The van der Waals surface area contributed by atoms with E-state index in [1.54, 1.807) is 6.20 Å². The van der Waals surface area contributed by atoms with Gasteiger partial charge in [0.05, 0.1) is 6.20 Å². The van der Waals surface area contributed by atoms with E-state index >= 15 is 0 Å². The summed E-state index contributed by atoms with van der Waals surface area (Å²) in [5.41, 5.74) is 6.83. The fraction of sp³-hybridized carbons (Fsp3) is 0.571. The van der Waals surface area contributed by atoms with Crippen molar-refractivity contribution in [2.24, 2.45) is 0 Å². The van der Waals surface area contributed by atoms with E-state index in [1.165, 1.54) is 25.8 Å². The summed E-state index contributed by atoms with van der Waals surface area (Å²) in [5.74, 6) is 1.48. The van der Waals surface area contributed by atoms with Gasteiger partial charge in [0.1, 0.15) is 5.82 Å². The van der Waals surface area contributed by atoms with Gasteiger partial charge < -0.3 is 15.0 Å². The monoisotopic (exact) mass is 272 g/mol. The standard InChI is InChI=1S/C14H20N6/c15-12-10-19-6-4-16-13(19)14(17-12)20-8-7-18-5-2-1-3-11(18)9-20/h4,6,10-11H,1-3,5,7-9,15H2. The van der Waals surface area contributed by atoms with Crippen molar-refractivity contribution in [3.63, 3.8) is 0 Å². The zero-order valence-corrected chi connectivity index (χ0v) is 11.6. The molecule has 0 radical (unpaired) electrons. The maximum atomic E-state index is 5.93. The third-order valence-electron chi connectivity index (χ3n) is 4.51. The van der Waals surface area contributed by atoms with Gasteiger partial charge in [-0.2, -0.15) is 0 Å². The van der Waals surface area contributed by atoms with Crippen LogP contribution in [-0.4, -0.2) is 51.5 Å². The molecule has 20 heavy (non-hydrogen) atoms. The lowest BCUT2D eigenvalue weighted by Crippen LogP contribution is -2.55. The largest absolute Gasteiger partial charge is 0.382 e. The predicted octanol–water partition coefficient (Wildman–Crippen LogP) is 0.986. The van der Waals surface area contributed by atoms with Gasteiger partial charge in [-0.05, 0) is 19.4 Å². The minimum absolute atomic E-state index is 0.552. The number of nitrogens with zero attached hydrogens (tertiary/aromatic N) is 5. The molecule has 0 saturated carbocycles. The van der Waals surface area contributed by atoms with E-state index in [0.717, 1.165) is 31.1 Å². The first-order valence-electron chi connectivity index (χ1n) is 7.39. The smallest absolute Gasteiger partial charge is 0.180 e. The molecule has 2 aromatic heterocycles. The average Bonchev–Trinajstić information content (AvgIpc) is 2.94. The highest BCUT2D eigenvalue weighted by Crippen LogP contribution is 2.26. The number of hydrogen-bond donors (Lipinski definition) is 1. The highest BCUT2D eigenvalue weighted by atomic mass is 15.3. The third-order valence-corrected chi connectivity index (χ3v) is 4.51. The lowest BCUT2D eigenvalue weighted by Gasteiger charge is -2.44. The first-order chi connectivity index (χ1) is 9.81. The molecule has 0 bridgehead atoms. The third kappa shape index (κ3) is 1.91. The molecule has 2 fully saturated rings. The second kappa shape index (κ2) is 4.63. The Morgan fingerprint density at radius 3 is 3.10 bits per heavy atom. The second-order valence-corrected chi connectivity index (χ2v) is 5.78. The van der Waals surface area contributed by atoms with Gasteiger partial charge in [0.25, 0.3) is 0 Å². The first-order valence-corrected chi connectivity index (χ1v) is 7.39. The Balaban J connectivity index is 1.67. The summed E-state index contributed by atoms with van der Waals surface area (Å²) >= 11 is 0. The maximum Gasteiger partial charge on any atom is 0.180 e.